The van der Waals surface area contributed by atoms with Crippen LogP contribution in [-0.2, 0) is 4.74 Å². The first-order chi connectivity index (χ1) is 8.93. The summed E-state index contributed by atoms with van der Waals surface area (Å²) in [5.41, 5.74) is -3.97. The van der Waals surface area contributed by atoms with Crippen LogP contribution in [0.4, 0.5) is 4.39 Å². The van der Waals surface area contributed by atoms with Crippen LogP contribution in [0.5, 0.6) is 0 Å². The molecule has 2 heterocycles. The number of hydrogen-bond donors (Lipinski definition) is 4. The van der Waals surface area contributed by atoms with Gasteiger partial charge in [-0.05, 0) is 0 Å². The van der Waals surface area contributed by atoms with Crippen molar-refractivity contribution in [3.8, 4) is 0 Å². The van der Waals surface area contributed by atoms with Gasteiger partial charge in [0, 0.05) is 12.3 Å². The molecular weight excluding hydrogens is 263 g/mol. The summed E-state index contributed by atoms with van der Waals surface area (Å²) in [4.78, 5) is 24.4. The number of nitrogens with zero attached hydrogens (tertiary/aromatic N) is 1. The van der Waals surface area contributed by atoms with E-state index in [9.17, 15) is 24.2 Å². The average molecular weight is 276 g/mol. The zero-order valence-corrected chi connectivity index (χ0v) is 9.69. The van der Waals surface area contributed by atoms with E-state index in [0.29, 0.717) is 0 Å². The van der Waals surface area contributed by atoms with Gasteiger partial charge in [0.2, 0.25) is 0 Å². The maximum Gasteiger partial charge on any atom is 0.330 e. The Hall–Kier alpha value is -1.55. The summed E-state index contributed by atoms with van der Waals surface area (Å²) >= 11 is 0. The summed E-state index contributed by atoms with van der Waals surface area (Å²) in [7, 11) is 0. The zero-order valence-electron chi connectivity index (χ0n) is 9.69. The number of H-pyrrole nitrogens is 1. The number of nitrogens with one attached hydrogen (secondary N) is 1. The van der Waals surface area contributed by atoms with Crippen LogP contribution in [0.1, 0.15) is 6.23 Å². The number of aliphatic hydroxyl groups is 3. The van der Waals surface area contributed by atoms with Crippen LogP contribution in [0, 0.1) is 0 Å². The summed E-state index contributed by atoms with van der Waals surface area (Å²) in [5.74, 6) is 0. The molecule has 0 amide bonds. The van der Waals surface area contributed by atoms with Crippen LogP contribution in [0.25, 0.3) is 0 Å². The van der Waals surface area contributed by atoms with Gasteiger partial charge in [-0.1, -0.05) is 0 Å². The summed E-state index contributed by atoms with van der Waals surface area (Å²) in [6.07, 6.45) is -3.47. The molecule has 0 spiro atoms. The third-order valence-corrected chi connectivity index (χ3v) is 3.09. The number of aromatic nitrogens is 2. The van der Waals surface area contributed by atoms with E-state index in [-0.39, 0.29) is 0 Å². The predicted molar refractivity (Wildman–Crippen MR) is 59.3 cm³/mol. The largest absolute Gasteiger partial charge is 0.394 e. The Morgan fingerprint density at radius 3 is 2.74 bits per heavy atom. The molecule has 4 N–H and O–H groups in total. The quantitative estimate of drug-likeness (QED) is 0.483. The number of alkyl halides is 1. The van der Waals surface area contributed by atoms with Crippen LogP contribution < -0.4 is 11.2 Å². The van der Waals surface area contributed by atoms with Crippen LogP contribution in [-0.4, -0.2) is 56.0 Å². The minimum Gasteiger partial charge on any atom is -0.394 e. The zero-order chi connectivity index (χ0) is 14.2. The highest BCUT2D eigenvalue weighted by atomic mass is 19.1. The van der Waals surface area contributed by atoms with Crippen molar-refractivity contribution in [3.63, 3.8) is 0 Å². The highest BCUT2D eigenvalue weighted by molar-refractivity contribution is 5.03. The fourth-order valence-corrected chi connectivity index (χ4v) is 2.03. The molecule has 0 aliphatic carbocycles. The predicted octanol–water partition coefficient (Wildman–Crippen LogP) is -2.51. The van der Waals surface area contributed by atoms with Gasteiger partial charge in [-0.2, -0.15) is 0 Å². The second-order valence-electron chi connectivity index (χ2n) is 4.30. The maximum absolute atomic E-state index is 13.0. The fourth-order valence-electron chi connectivity index (χ4n) is 2.03. The molecule has 1 aliphatic heterocycles. The van der Waals surface area contributed by atoms with E-state index in [0.717, 1.165) is 16.8 Å². The summed E-state index contributed by atoms with van der Waals surface area (Å²) in [6, 6.07) is 0.988. The van der Waals surface area contributed by atoms with E-state index in [2.05, 4.69) is 0 Å². The SMILES string of the molecule is O=c1ccn([C@@H]2O[C@H](CO)[C@@H](O)[C@]2(O)CF)c(=O)[nH]1. The van der Waals surface area contributed by atoms with Crippen LogP contribution in [0.2, 0.25) is 0 Å². The number of hydrogen-bond acceptors (Lipinski definition) is 6. The topological polar surface area (TPSA) is 125 Å². The van der Waals surface area contributed by atoms with Crippen molar-refractivity contribution in [2.75, 3.05) is 13.3 Å². The van der Waals surface area contributed by atoms with E-state index < -0.39 is 48.6 Å². The minimum absolute atomic E-state index is 0.655. The van der Waals surface area contributed by atoms with Gasteiger partial charge in [0.15, 0.2) is 11.8 Å². The standard InChI is InChI=1S/C10H13FN2O6/c11-4-10(18)7(16)5(3-14)19-8(10)13-2-1-6(15)12-9(13)17/h1-2,5,7-8,14,16,18H,3-4H2,(H,12,15,17)/t5-,7-,8-,10-/m1/s1. The third kappa shape index (κ3) is 2.10. The Balaban J connectivity index is 2.48. The summed E-state index contributed by atoms with van der Waals surface area (Å²) in [6.45, 7) is -2.04. The molecule has 1 aromatic heterocycles. The lowest BCUT2D eigenvalue weighted by molar-refractivity contribution is -0.121. The van der Waals surface area contributed by atoms with Crippen LogP contribution in [0.3, 0.4) is 0 Å². The number of rotatable bonds is 3. The van der Waals surface area contributed by atoms with Crippen molar-refractivity contribution in [2.24, 2.45) is 0 Å². The van der Waals surface area contributed by atoms with Crippen molar-refractivity contribution in [1.29, 1.82) is 0 Å². The Labute approximate surface area is 105 Å². The second-order valence-corrected chi connectivity index (χ2v) is 4.30. The van der Waals surface area contributed by atoms with Gasteiger partial charge in [-0.3, -0.25) is 14.3 Å². The average Bonchev–Trinajstić information content (AvgIpc) is 2.63. The maximum atomic E-state index is 13.0. The lowest BCUT2D eigenvalue weighted by Gasteiger charge is -2.28. The highest BCUT2D eigenvalue weighted by Crippen LogP contribution is 2.37. The first-order valence-corrected chi connectivity index (χ1v) is 5.48. The van der Waals surface area contributed by atoms with Crippen molar-refractivity contribution < 1.29 is 24.4 Å². The smallest absolute Gasteiger partial charge is 0.330 e. The molecule has 0 radical (unpaired) electrons. The molecule has 106 valence electrons. The van der Waals surface area contributed by atoms with Gasteiger partial charge in [-0.15, -0.1) is 0 Å². The number of halogens is 1. The fraction of sp³-hybridized carbons (Fsp3) is 0.600. The molecule has 1 aliphatic rings. The van der Waals surface area contributed by atoms with Gasteiger partial charge < -0.3 is 20.1 Å². The lowest BCUT2D eigenvalue weighted by Crippen LogP contribution is -2.50. The molecule has 0 unspecified atom stereocenters. The lowest BCUT2D eigenvalue weighted by atomic mass is 9.95. The summed E-state index contributed by atoms with van der Waals surface area (Å²) in [5, 5.41) is 28.8. The van der Waals surface area contributed by atoms with Gasteiger partial charge in [0.05, 0.1) is 6.61 Å². The van der Waals surface area contributed by atoms with Crippen molar-refractivity contribution in [2.45, 2.75) is 24.0 Å². The molecule has 0 saturated carbocycles. The third-order valence-electron chi connectivity index (χ3n) is 3.09. The number of aromatic amines is 1. The van der Waals surface area contributed by atoms with Crippen LogP contribution >= 0.6 is 0 Å². The van der Waals surface area contributed by atoms with E-state index in [1.165, 1.54) is 0 Å². The molecule has 19 heavy (non-hydrogen) atoms. The Morgan fingerprint density at radius 1 is 1.53 bits per heavy atom. The molecule has 4 atom stereocenters. The molecule has 0 bridgehead atoms. The molecule has 2 rings (SSSR count). The van der Waals surface area contributed by atoms with E-state index in [1.54, 1.807) is 0 Å². The van der Waals surface area contributed by atoms with Crippen molar-refractivity contribution in [1.82, 2.24) is 9.55 Å². The van der Waals surface area contributed by atoms with E-state index in [1.807, 2.05) is 4.98 Å². The van der Waals surface area contributed by atoms with Crippen molar-refractivity contribution in [3.05, 3.63) is 33.1 Å². The monoisotopic (exact) mass is 276 g/mol. The second kappa shape index (κ2) is 4.85. The number of aliphatic hydroxyl groups excluding tert-OH is 2. The Bertz CT molecular complexity index is 572. The first-order valence-electron chi connectivity index (χ1n) is 5.48. The van der Waals surface area contributed by atoms with Gasteiger partial charge >= 0.3 is 5.69 Å². The molecule has 1 saturated heterocycles. The minimum atomic E-state index is -2.38. The Kier molecular flexibility index (Phi) is 3.54. The van der Waals surface area contributed by atoms with E-state index in [4.69, 9.17) is 9.84 Å². The first kappa shape index (κ1) is 13.9. The molecule has 0 aromatic carbocycles. The Morgan fingerprint density at radius 2 is 2.21 bits per heavy atom. The molecule has 8 nitrogen and oxygen atoms in total. The van der Waals surface area contributed by atoms with E-state index >= 15 is 0 Å². The summed E-state index contributed by atoms with van der Waals surface area (Å²) < 4.78 is 18.9. The highest BCUT2D eigenvalue weighted by Gasteiger charge is 2.56. The molecule has 1 aromatic rings. The van der Waals surface area contributed by atoms with Gasteiger partial charge in [-0.25, -0.2) is 9.18 Å². The van der Waals surface area contributed by atoms with Crippen LogP contribution in [0.15, 0.2) is 21.9 Å². The van der Waals surface area contributed by atoms with Gasteiger partial charge in [0.25, 0.3) is 5.56 Å². The number of ether oxygens (including phenoxy) is 1. The van der Waals surface area contributed by atoms with Gasteiger partial charge in [0.1, 0.15) is 18.9 Å². The molecule has 9 heteroatoms. The normalized spacial score (nSPS) is 34.6. The molecule has 1 fully saturated rings. The molecular formula is C10H13FN2O6. The van der Waals surface area contributed by atoms with Crippen molar-refractivity contribution >= 4 is 0 Å².